The number of carbonyl (C=O) groups excluding carboxylic acids is 1. The summed E-state index contributed by atoms with van der Waals surface area (Å²) in [5, 5.41) is 4.05. The quantitative estimate of drug-likeness (QED) is 0.439. The first-order valence-corrected chi connectivity index (χ1v) is 11.2. The Hall–Kier alpha value is -2.84. The van der Waals surface area contributed by atoms with Crippen molar-refractivity contribution in [1.29, 1.82) is 0 Å². The highest BCUT2D eigenvalue weighted by molar-refractivity contribution is 7.99. The first kappa shape index (κ1) is 21.4. The standard InChI is InChI=1S/C22H21ClFN5OS/c23-18-3-1-2-4-19(18)27-21(30)14-31-22-13-20(25-15-26-22)29-11-9-28(10-12-29)17-7-5-16(24)6-8-17/h1-8,13,15H,9-12,14H2,(H,27,30). The number of aromatic nitrogens is 2. The average molecular weight is 458 g/mol. The molecule has 1 amide bonds. The molecule has 0 aliphatic carbocycles. The number of nitrogens with zero attached hydrogens (tertiary/aromatic N) is 4. The smallest absolute Gasteiger partial charge is 0.234 e. The van der Waals surface area contributed by atoms with Crippen LogP contribution in [-0.4, -0.2) is 47.8 Å². The van der Waals surface area contributed by atoms with E-state index >= 15 is 0 Å². The molecule has 1 N–H and O–H groups in total. The van der Waals surface area contributed by atoms with E-state index in [0.717, 1.165) is 42.7 Å². The first-order chi connectivity index (χ1) is 15.1. The largest absolute Gasteiger partial charge is 0.368 e. The lowest BCUT2D eigenvalue weighted by molar-refractivity contribution is -0.113. The van der Waals surface area contributed by atoms with E-state index < -0.39 is 0 Å². The number of benzene rings is 2. The lowest BCUT2D eigenvalue weighted by atomic mass is 10.2. The Morgan fingerprint density at radius 3 is 2.48 bits per heavy atom. The topological polar surface area (TPSA) is 61.4 Å². The molecule has 3 aromatic rings. The van der Waals surface area contributed by atoms with Crippen molar-refractivity contribution in [2.45, 2.75) is 5.03 Å². The Balaban J connectivity index is 1.31. The third-order valence-electron chi connectivity index (χ3n) is 4.92. The lowest BCUT2D eigenvalue weighted by Gasteiger charge is -2.36. The van der Waals surface area contributed by atoms with Crippen molar-refractivity contribution >= 4 is 46.5 Å². The van der Waals surface area contributed by atoms with Crippen LogP contribution in [-0.2, 0) is 4.79 Å². The maximum absolute atomic E-state index is 13.1. The van der Waals surface area contributed by atoms with Crippen LogP contribution in [0.25, 0.3) is 0 Å². The van der Waals surface area contributed by atoms with Crippen molar-refractivity contribution in [3.63, 3.8) is 0 Å². The van der Waals surface area contributed by atoms with Crippen LogP contribution in [0.3, 0.4) is 0 Å². The van der Waals surface area contributed by atoms with E-state index in [1.807, 2.05) is 18.2 Å². The van der Waals surface area contributed by atoms with E-state index in [4.69, 9.17) is 11.6 Å². The summed E-state index contributed by atoms with van der Waals surface area (Å²) in [5.74, 6) is 0.683. The molecule has 1 saturated heterocycles. The zero-order valence-corrected chi connectivity index (χ0v) is 18.2. The fraction of sp³-hybridized carbons (Fsp3) is 0.227. The Bertz CT molecular complexity index is 1040. The summed E-state index contributed by atoms with van der Waals surface area (Å²) < 4.78 is 13.1. The van der Waals surface area contributed by atoms with Gasteiger partial charge in [-0.2, -0.15) is 0 Å². The zero-order chi connectivity index (χ0) is 21.6. The molecule has 2 heterocycles. The number of piperazine rings is 1. The van der Waals surface area contributed by atoms with Gasteiger partial charge in [-0.1, -0.05) is 35.5 Å². The summed E-state index contributed by atoms with van der Waals surface area (Å²) in [6.45, 7) is 3.23. The van der Waals surface area contributed by atoms with Crippen LogP contribution in [0.1, 0.15) is 0 Å². The van der Waals surface area contributed by atoms with Crippen LogP contribution in [0.4, 0.5) is 21.6 Å². The van der Waals surface area contributed by atoms with Crippen molar-refractivity contribution in [1.82, 2.24) is 9.97 Å². The summed E-state index contributed by atoms with van der Waals surface area (Å²) in [5.41, 5.74) is 1.61. The van der Waals surface area contributed by atoms with E-state index in [0.29, 0.717) is 10.7 Å². The number of halogens is 2. The van der Waals surface area contributed by atoms with E-state index in [2.05, 4.69) is 25.1 Å². The van der Waals surface area contributed by atoms with Crippen molar-refractivity contribution in [2.24, 2.45) is 0 Å². The van der Waals surface area contributed by atoms with Gasteiger partial charge in [0.1, 0.15) is 23.0 Å². The molecule has 0 radical (unpaired) electrons. The van der Waals surface area contributed by atoms with Crippen LogP contribution in [0, 0.1) is 5.82 Å². The van der Waals surface area contributed by atoms with Gasteiger partial charge in [-0.05, 0) is 36.4 Å². The molecule has 160 valence electrons. The van der Waals surface area contributed by atoms with Crippen molar-refractivity contribution in [3.8, 4) is 0 Å². The Labute approximate surface area is 189 Å². The molecule has 4 rings (SSSR count). The summed E-state index contributed by atoms with van der Waals surface area (Å²) in [6, 6.07) is 15.6. The predicted octanol–water partition coefficient (Wildman–Crippen LogP) is 4.33. The Morgan fingerprint density at radius 1 is 1.03 bits per heavy atom. The summed E-state index contributed by atoms with van der Waals surface area (Å²) >= 11 is 7.43. The van der Waals surface area contributed by atoms with Gasteiger partial charge < -0.3 is 15.1 Å². The van der Waals surface area contributed by atoms with Crippen LogP contribution in [0.15, 0.2) is 66.0 Å². The number of hydrogen-bond donors (Lipinski definition) is 1. The van der Waals surface area contributed by atoms with Gasteiger partial charge in [0.25, 0.3) is 0 Å². The molecule has 31 heavy (non-hydrogen) atoms. The zero-order valence-electron chi connectivity index (χ0n) is 16.7. The van der Waals surface area contributed by atoms with Gasteiger partial charge in [-0.25, -0.2) is 14.4 Å². The minimum absolute atomic E-state index is 0.147. The summed E-state index contributed by atoms with van der Waals surface area (Å²) in [7, 11) is 0. The summed E-state index contributed by atoms with van der Waals surface area (Å²) in [6.07, 6.45) is 1.52. The van der Waals surface area contributed by atoms with Gasteiger partial charge >= 0.3 is 0 Å². The van der Waals surface area contributed by atoms with E-state index in [9.17, 15) is 9.18 Å². The van der Waals surface area contributed by atoms with E-state index in [1.165, 1.54) is 30.2 Å². The molecule has 0 bridgehead atoms. The number of carbonyl (C=O) groups is 1. The van der Waals surface area contributed by atoms with Crippen molar-refractivity contribution in [2.75, 3.05) is 47.0 Å². The molecule has 6 nitrogen and oxygen atoms in total. The highest BCUT2D eigenvalue weighted by Crippen LogP contribution is 2.24. The molecule has 1 fully saturated rings. The molecular formula is C22H21ClFN5OS. The second-order valence-electron chi connectivity index (χ2n) is 6.98. The SMILES string of the molecule is O=C(CSc1cc(N2CCN(c3ccc(F)cc3)CC2)ncn1)Nc1ccccc1Cl. The number of hydrogen-bond acceptors (Lipinski definition) is 6. The minimum Gasteiger partial charge on any atom is -0.368 e. The van der Waals surface area contributed by atoms with E-state index in [-0.39, 0.29) is 17.5 Å². The second kappa shape index (κ2) is 9.98. The Kier molecular flexibility index (Phi) is 6.89. The molecule has 9 heteroatoms. The van der Waals surface area contributed by atoms with Gasteiger partial charge in [-0.15, -0.1) is 0 Å². The van der Waals surface area contributed by atoms with Gasteiger partial charge in [0.15, 0.2) is 0 Å². The van der Waals surface area contributed by atoms with Crippen molar-refractivity contribution in [3.05, 3.63) is 71.8 Å². The third-order valence-corrected chi connectivity index (χ3v) is 6.18. The van der Waals surface area contributed by atoms with Crippen LogP contribution in [0.5, 0.6) is 0 Å². The second-order valence-corrected chi connectivity index (χ2v) is 8.38. The number of thioether (sulfide) groups is 1. The molecule has 2 aromatic carbocycles. The number of anilines is 3. The highest BCUT2D eigenvalue weighted by Gasteiger charge is 2.19. The predicted molar refractivity (Wildman–Crippen MR) is 124 cm³/mol. The van der Waals surface area contributed by atoms with Crippen LogP contribution >= 0.6 is 23.4 Å². The number of rotatable bonds is 6. The molecule has 0 atom stereocenters. The van der Waals surface area contributed by atoms with Gasteiger partial charge in [-0.3, -0.25) is 4.79 Å². The fourth-order valence-corrected chi connectivity index (χ4v) is 4.16. The Morgan fingerprint density at radius 2 is 1.74 bits per heavy atom. The molecule has 0 saturated carbocycles. The molecule has 1 aliphatic heterocycles. The monoisotopic (exact) mass is 457 g/mol. The van der Waals surface area contributed by atoms with Gasteiger partial charge in [0, 0.05) is 37.9 Å². The maximum atomic E-state index is 13.1. The first-order valence-electron chi connectivity index (χ1n) is 9.83. The molecular weight excluding hydrogens is 437 g/mol. The minimum atomic E-state index is -0.228. The average Bonchev–Trinajstić information content (AvgIpc) is 2.80. The van der Waals surface area contributed by atoms with Gasteiger partial charge in [0.2, 0.25) is 5.91 Å². The normalized spacial score (nSPS) is 13.9. The van der Waals surface area contributed by atoms with Gasteiger partial charge in [0.05, 0.1) is 16.5 Å². The third kappa shape index (κ3) is 5.65. The molecule has 1 aromatic heterocycles. The van der Waals surface area contributed by atoms with Crippen LogP contribution in [0.2, 0.25) is 5.02 Å². The number of amides is 1. The molecule has 0 unspecified atom stereocenters. The molecule has 0 spiro atoms. The summed E-state index contributed by atoms with van der Waals surface area (Å²) in [4.78, 5) is 25.3. The van der Waals surface area contributed by atoms with Crippen molar-refractivity contribution < 1.29 is 9.18 Å². The van der Waals surface area contributed by atoms with Crippen LogP contribution < -0.4 is 15.1 Å². The lowest BCUT2D eigenvalue weighted by Crippen LogP contribution is -2.46. The highest BCUT2D eigenvalue weighted by atomic mass is 35.5. The van der Waals surface area contributed by atoms with E-state index in [1.54, 1.807) is 24.3 Å². The fourth-order valence-electron chi connectivity index (χ4n) is 3.32. The maximum Gasteiger partial charge on any atom is 0.234 e. The number of nitrogens with one attached hydrogen (secondary N) is 1. The molecule has 1 aliphatic rings. The number of para-hydroxylation sites is 1.